The zero-order valence-electron chi connectivity index (χ0n) is 12.7. The molecule has 0 aromatic heterocycles. The van der Waals surface area contributed by atoms with Gasteiger partial charge in [-0.1, -0.05) is 48.1 Å². The van der Waals surface area contributed by atoms with Crippen LogP contribution in [0.5, 0.6) is 0 Å². The summed E-state index contributed by atoms with van der Waals surface area (Å²) in [4.78, 5) is 12.3. The van der Waals surface area contributed by atoms with Gasteiger partial charge in [0.1, 0.15) is 0 Å². The number of carbonyl (C=O) groups is 1. The average Bonchev–Trinajstić information content (AvgIpc) is 2.51. The van der Waals surface area contributed by atoms with Gasteiger partial charge in [0.05, 0.1) is 0 Å². The third kappa shape index (κ3) is 2.92. The lowest BCUT2D eigenvalue weighted by Gasteiger charge is -2.22. The van der Waals surface area contributed by atoms with Crippen molar-refractivity contribution in [2.75, 3.05) is 0 Å². The van der Waals surface area contributed by atoms with E-state index < -0.39 is 0 Å². The minimum absolute atomic E-state index is 0.289. The van der Waals surface area contributed by atoms with Crippen LogP contribution in [0.1, 0.15) is 43.7 Å². The predicted molar refractivity (Wildman–Crippen MR) is 88.0 cm³/mol. The summed E-state index contributed by atoms with van der Waals surface area (Å²) in [6.45, 7) is 6.18. The highest BCUT2D eigenvalue weighted by molar-refractivity contribution is 6.22. The molecule has 0 bridgehead atoms. The normalized spacial score (nSPS) is 23.7. The van der Waals surface area contributed by atoms with E-state index in [2.05, 4.69) is 43.9 Å². The van der Waals surface area contributed by atoms with Crippen LogP contribution in [0.4, 0.5) is 0 Å². The Labute approximate surface area is 127 Å². The van der Waals surface area contributed by atoms with Gasteiger partial charge in [-0.2, -0.15) is 0 Å². The fourth-order valence-electron chi connectivity index (χ4n) is 3.31. The number of Topliss-reactive ketones (excluding diaryl/α,β-unsaturated/α-hetero) is 1. The molecule has 0 spiro atoms. The second kappa shape index (κ2) is 5.85. The van der Waals surface area contributed by atoms with E-state index in [0.29, 0.717) is 12.3 Å². The molecule has 1 aromatic carbocycles. The third-order valence-corrected chi connectivity index (χ3v) is 4.70. The van der Waals surface area contributed by atoms with Crippen LogP contribution >= 0.6 is 0 Å². The van der Waals surface area contributed by atoms with Crippen LogP contribution in [0, 0.1) is 5.92 Å². The monoisotopic (exact) mass is 278 g/mol. The molecule has 1 nitrogen and oxygen atoms in total. The van der Waals surface area contributed by atoms with Crippen molar-refractivity contribution in [1.29, 1.82) is 0 Å². The van der Waals surface area contributed by atoms with Crippen LogP contribution in [0.15, 0.2) is 54.1 Å². The van der Waals surface area contributed by atoms with E-state index in [9.17, 15) is 4.79 Å². The molecular weight excluding hydrogens is 256 g/mol. The zero-order chi connectivity index (χ0) is 14.8. The number of rotatable bonds is 2. The number of carbonyl (C=O) groups excluding carboxylic acids is 1. The van der Waals surface area contributed by atoms with E-state index >= 15 is 0 Å². The summed E-state index contributed by atoms with van der Waals surface area (Å²) in [6, 6.07) is 8.31. The smallest absolute Gasteiger partial charge is 0.163 e. The minimum atomic E-state index is 0.289. The molecule has 1 heteroatoms. The van der Waals surface area contributed by atoms with Crippen LogP contribution in [-0.4, -0.2) is 5.78 Å². The third-order valence-electron chi connectivity index (χ3n) is 4.70. The number of benzene rings is 1. The number of hydrogen-bond acceptors (Lipinski definition) is 1. The van der Waals surface area contributed by atoms with Crippen LogP contribution in [0.25, 0.3) is 5.57 Å². The second-order valence-electron chi connectivity index (χ2n) is 6.24. The number of aryl methyl sites for hydroxylation is 1. The van der Waals surface area contributed by atoms with Crippen molar-refractivity contribution in [1.82, 2.24) is 0 Å². The number of hydrogen-bond donors (Lipinski definition) is 0. The fourth-order valence-corrected chi connectivity index (χ4v) is 3.31. The van der Waals surface area contributed by atoms with Gasteiger partial charge in [-0.05, 0) is 55.7 Å². The molecular formula is C20H22O. The van der Waals surface area contributed by atoms with Crippen molar-refractivity contribution in [3.8, 4) is 0 Å². The topological polar surface area (TPSA) is 17.1 Å². The summed E-state index contributed by atoms with van der Waals surface area (Å²) in [5.74, 6) is 0.901. The van der Waals surface area contributed by atoms with Crippen LogP contribution in [0.3, 0.4) is 0 Å². The fraction of sp³-hybridized carbons (Fsp3) is 0.350. The maximum atomic E-state index is 12.3. The van der Waals surface area contributed by atoms with Crippen LogP contribution < -0.4 is 0 Å². The first-order chi connectivity index (χ1) is 10.1. The molecule has 0 unspecified atom stereocenters. The Bertz CT molecular complexity index is 646. The highest BCUT2D eigenvalue weighted by atomic mass is 16.1. The molecule has 3 rings (SSSR count). The van der Waals surface area contributed by atoms with Gasteiger partial charge in [0.15, 0.2) is 5.78 Å². The highest BCUT2D eigenvalue weighted by Crippen LogP contribution is 2.33. The Hall–Kier alpha value is -1.89. The quantitative estimate of drug-likeness (QED) is 0.556. The predicted octanol–water partition coefficient (Wildman–Crippen LogP) is 4.89. The number of fused-ring (bicyclic) bond motifs is 1. The van der Waals surface area contributed by atoms with E-state index in [1.54, 1.807) is 0 Å². The van der Waals surface area contributed by atoms with Crippen LogP contribution in [-0.2, 0) is 11.2 Å². The standard InChI is InChI=1S/C20H22O/c1-14(2)16-9-7-15(8-10-16)13-19-18-6-4-3-5-17(18)11-12-20(19)21/h3-7,13,16H,1,8-12H2,2H3/t16-/m0/s1. The Morgan fingerprint density at radius 1 is 1.24 bits per heavy atom. The number of ketones is 1. The van der Waals surface area contributed by atoms with Gasteiger partial charge in [0.25, 0.3) is 0 Å². The van der Waals surface area contributed by atoms with E-state index in [1.807, 2.05) is 6.07 Å². The Kier molecular flexibility index (Phi) is 3.92. The molecule has 0 aliphatic heterocycles. The summed E-state index contributed by atoms with van der Waals surface area (Å²) in [5, 5.41) is 0. The van der Waals surface area contributed by atoms with Gasteiger partial charge in [-0.3, -0.25) is 4.79 Å². The first-order valence-electron chi connectivity index (χ1n) is 7.83. The Balaban J connectivity index is 1.90. The number of allylic oxidation sites excluding steroid dienone is 5. The molecule has 0 amide bonds. The average molecular weight is 278 g/mol. The SMILES string of the molecule is C=C(C)[C@H]1CC=C(C=C2C(=O)CCc3ccccc32)CC1. The van der Waals surface area contributed by atoms with Gasteiger partial charge < -0.3 is 0 Å². The van der Waals surface area contributed by atoms with E-state index in [1.165, 1.54) is 16.7 Å². The molecule has 0 heterocycles. The molecule has 0 saturated heterocycles. The van der Waals surface area contributed by atoms with Crippen LogP contribution in [0.2, 0.25) is 0 Å². The van der Waals surface area contributed by atoms with Gasteiger partial charge >= 0.3 is 0 Å². The summed E-state index contributed by atoms with van der Waals surface area (Å²) in [5.41, 5.74) is 5.94. The molecule has 0 radical (unpaired) electrons. The molecule has 108 valence electrons. The lowest BCUT2D eigenvalue weighted by Crippen LogP contribution is -2.13. The van der Waals surface area contributed by atoms with E-state index in [-0.39, 0.29) is 5.78 Å². The maximum absolute atomic E-state index is 12.3. The van der Waals surface area contributed by atoms with Crippen molar-refractivity contribution in [3.63, 3.8) is 0 Å². The molecule has 2 aliphatic carbocycles. The molecule has 1 atom stereocenters. The van der Waals surface area contributed by atoms with Crippen molar-refractivity contribution >= 4 is 11.4 Å². The van der Waals surface area contributed by atoms with Crippen molar-refractivity contribution in [2.45, 2.75) is 39.0 Å². The highest BCUT2D eigenvalue weighted by Gasteiger charge is 2.22. The first kappa shape index (κ1) is 14.1. The van der Waals surface area contributed by atoms with Gasteiger partial charge in [0, 0.05) is 12.0 Å². The summed E-state index contributed by atoms with van der Waals surface area (Å²) in [7, 11) is 0. The molecule has 0 N–H and O–H groups in total. The maximum Gasteiger partial charge on any atom is 0.163 e. The van der Waals surface area contributed by atoms with Crippen molar-refractivity contribution in [3.05, 3.63) is 65.3 Å². The Morgan fingerprint density at radius 2 is 2.05 bits per heavy atom. The van der Waals surface area contributed by atoms with Crippen molar-refractivity contribution in [2.24, 2.45) is 5.92 Å². The largest absolute Gasteiger partial charge is 0.294 e. The first-order valence-corrected chi connectivity index (χ1v) is 7.83. The van der Waals surface area contributed by atoms with Gasteiger partial charge in [-0.25, -0.2) is 0 Å². The zero-order valence-corrected chi connectivity index (χ0v) is 12.7. The lowest BCUT2D eigenvalue weighted by atomic mass is 9.82. The summed E-state index contributed by atoms with van der Waals surface area (Å²) < 4.78 is 0. The summed E-state index contributed by atoms with van der Waals surface area (Å²) >= 11 is 0. The molecule has 0 fully saturated rings. The lowest BCUT2D eigenvalue weighted by molar-refractivity contribution is -0.113. The molecule has 1 aromatic rings. The molecule has 21 heavy (non-hydrogen) atoms. The molecule has 2 aliphatic rings. The van der Waals surface area contributed by atoms with Gasteiger partial charge in [0.2, 0.25) is 0 Å². The Morgan fingerprint density at radius 3 is 2.76 bits per heavy atom. The van der Waals surface area contributed by atoms with E-state index in [0.717, 1.165) is 36.8 Å². The summed E-state index contributed by atoms with van der Waals surface area (Å²) in [6.07, 6.45) is 9.21. The van der Waals surface area contributed by atoms with Gasteiger partial charge in [-0.15, -0.1) is 0 Å². The second-order valence-corrected chi connectivity index (χ2v) is 6.24. The van der Waals surface area contributed by atoms with E-state index in [4.69, 9.17) is 0 Å². The minimum Gasteiger partial charge on any atom is -0.294 e. The molecule has 0 saturated carbocycles. The van der Waals surface area contributed by atoms with Crippen molar-refractivity contribution < 1.29 is 4.79 Å².